The highest BCUT2D eigenvalue weighted by Crippen LogP contribution is 2.08. The number of anilines is 1. The molecule has 0 saturated carbocycles. The number of benzene rings is 1. The lowest BCUT2D eigenvalue weighted by Gasteiger charge is -2.06. The molecule has 1 heterocycles. The van der Waals surface area contributed by atoms with Crippen molar-refractivity contribution in [1.29, 1.82) is 0 Å². The first-order chi connectivity index (χ1) is 10.5. The van der Waals surface area contributed by atoms with Crippen LogP contribution in [-0.4, -0.2) is 28.5 Å². The molecule has 0 bridgehead atoms. The second kappa shape index (κ2) is 6.61. The molecule has 0 saturated heterocycles. The summed E-state index contributed by atoms with van der Waals surface area (Å²) in [5, 5.41) is 2.24. The molecule has 2 aromatic rings. The molecule has 0 fully saturated rings. The zero-order valence-corrected chi connectivity index (χ0v) is 11.6. The minimum absolute atomic E-state index is 0.115. The van der Waals surface area contributed by atoms with Crippen LogP contribution in [-0.2, 0) is 4.74 Å². The van der Waals surface area contributed by atoms with E-state index in [0.29, 0.717) is 0 Å². The number of amides is 1. The zero-order chi connectivity index (χ0) is 16.1. The van der Waals surface area contributed by atoms with Crippen LogP contribution in [0.5, 0.6) is 0 Å². The second-order valence-electron chi connectivity index (χ2n) is 4.13. The predicted molar refractivity (Wildman–Crippen MR) is 75.2 cm³/mol. The number of carbonyl (C=O) groups excluding carboxylic acids is 2. The molecule has 1 aromatic carbocycles. The number of ether oxygens (including phenoxy) is 1. The van der Waals surface area contributed by atoms with Gasteiger partial charge in [0.15, 0.2) is 0 Å². The Hall–Kier alpha value is -3.03. The number of nitrogens with zero attached hydrogens (tertiary/aromatic N) is 1. The molecule has 0 radical (unpaired) electrons. The van der Waals surface area contributed by atoms with Crippen LogP contribution in [0.4, 0.5) is 10.3 Å². The Labute approximate surface area is 124 Å². The number of nitrogens with one attached hydrogen (secondary N) is 2. The molecule has 0 aliphatic heterocycles. The van der Waals surface area contributed by atoms with Gasteiger partial charge in [0.1, 0.15) is 11.4 Å². The van der Waals surface area contributed by atoms with E-state index in [1.54, 1.807) is 6.92 Å². The van der Waals surface area contributed by atoms with Crippen molar-refractivity contribution in [1.82, 2.24) is 9.97 Å². The van der Waals surface area contributed by atoms with E-state index in [2.05, 4.69) is 20.0 Å². The number of H-pyrrole nitrogens is 1. The van der Waals surface area contributed by atoms with Gasteiger partial charge in [-0.15, -0.1) is 0 Å². The lowest BCUT2D eigenvalue weighted by molar-refractivity contribution is 0.0523. The summed E-state index contributed by atoms with van der Waals surface area (Å²) in [5.41, 5.74) is -1.25. The van der Waals surface area contributed by atoms with E-state index in [0.717, 1.165) is 12.3 Å². The standard InChI is InChI=1S/C14H12FN3O4/c1-2-22-13(21)9-7-16-14(18-12(9)20)17-11(19)8-5-3-4-6-10(8)15/h3-7H,2H2,1H3,(H2,16,17,18,19,20). The Morgan fingerprint density at radius 2 is 2.05 bits per heavy atom. The zero-order valence-electron chi connectivity index (χ0n) is 11.6. The van der Waals surface area contributed by atoms with Crippen LogP contribution in [0.25, 0.3) is 0 Å². The fraction of sp³-hybridized carbons (Fsp3) is 0.143. The van der Waals surface area contributed by atoms with Crippen molar-refractivity contribution < 1.29 is 18.7 Å². The molecule has 0 aliphatic carbocycles. The average Bonchev–Trinajstić information content (AvgIpc) is 2.47. The summed E-state index contributed by atoms with van der Waals surface area (Å²) in [6.07, 6.45) is 0.980. The van der Waals surface area contributed by atoms with E-state index in [-0.39, 0.29) is 23.7 Å². The summed E-state index contributed by atoms with van der Waals surface area (Å²) < 4.78 is 18.1. The molecular weight excluding hydrogens is 293 g/mol. The minimum Gasteiger partial charge on any atom is -0.462 e. The van der Waals surface area contributed by atoms with Crippen LogP contribution in [0, 0.1) is 5.82 Å². The van der Waals surface area contributed by atoms with Crippen molar-refractivity contribution >= 4 is 17.8 Å². The SMILES string of the molecule is CCOC(=O)c1cnc(NC(=O)c2ccccc2F)[nH]c1=O. The molecule has 0 unspecified atom stereocenters. The molecule has 22 heavy (non-hydrogen) atoms. The van der Waals surface area contributed by atoms with Crippen LogP contribution < -0.4 is 10.9 Å². The highest BCUT2D eigenvalue weighted by Gasteiger charge is 2.15. The van der Waals surface area contributed by atoms with Gasteiger partial charge in [-0.05, 0) is 19.1 Å². The lowest BCUT2D eigenvalue weighted by Crippen LogP contribution is -2.24. The van der Waals surface area contributed by atoms with E-state index in [1.165, 1.54) is 18.2 Å². The van der Waals surface area contributed by atoms with Gasteiger partial charge in [-0.3, -0.25) is 19.9 Å². The summed E-state index contributed by atoms with van der Waals surface area (Å²) in [4.78, 5) is 41.0. The third-order valence-electron chi connectivity index (χ3n) is 2.65. The van der Waals surface area contributed by atoms with Crippen molar-refractivity contribution in [2.75, 3.05) is 11.9 Å². The van der Waals surface area contributed by atoms with Gasteiger partial charge in [-0.1, -0.05) is 12.1 Å². The van der Waals surface area contributed by atoms with Crippen molar-refractivity contribution in [3.8, 4) is 0 Å². The first-order valence-corrected chi connectivity index (χ1v) is 6.35. The Bertz CT molecular complexity index is 773. The number of carbonyl (C=O) groups is 2. The van der Waals surface area contributed by atoms with Gasteiger partial charge >= 0.3 is 5.97 Å². The van der Waals surface area contributed by atoms with Gasteiger partial charge < -0.3 is 4.74 Å². The molecular formula is C14H12FN3O4. The van der Waals surface area contributed by atoms with Crippen LogP contribution in [0.15, 0.2) is 35.3 Å². The molecule has 7 nitrogen and oxygen atoms in total. The van der Waals surface area contributed by atoms with Crippen LogP contribution in [0.1, 0.15) is 27.6 Å². The maximum Gasteiger partial charge on any atom is 0.345 e. The molecule has 0 aliphatic rings. The van der Waals surface area contributed by atoms with E-state index in [1.807, 2.05) is 0 Å². The summed E-state index contributed by atoms with van der Waals surface area (Å²) >= 11 is 0. The summed E-state index contributed by atoms with van der Waals surface area (Å²) in [6, 6.07) is 5.36. The van der Waals surface area contributed by atoms with E-state index < -0.39 is 23.3 Å². The molecule has 1 amide bonds. The summed E-state index contributed by atoms with van der Waals surface area (Å²) in [7, 11) is 0. The quantitative estimate of drug-likeness (QED) is 0.830. The molecule has 1 aromatic heterocycles. The van der Waals surface area contributed by atoms with E-state index in [9.17, 15) is 18.8 Å². The van der Waals surface area contributed by atoms with Gasteiger partial charge in [-0.25, -0.2) is 14.2 Å². The van der Waals surface area contributed by atoms with Gasteiger partial charge in [0.2, 0.25) is 5.95 Å². The molecule has 2 N–H and O–H groups in total. The van der Waals surface area contributed by atoms with Crippen molar-refractivity contribution in [2.24, 2.45) is 0 Å². The Balaban J connectivity index is 2.20. The van der Waals surface area contributed by atoms with Crippen LogP contribution in [0.3, 0.4) is 0 Å². The summed E-state index contributed by atoms with van der Waals surface area (Å²) in [5.74, 6) is -2.50. The normalized spacial score (nSPS) is 10.1. The molecule has 114 valence electrons. The highest BCUT2D eigenvalue weighted by atomic mass is 19.1. The maximum absolute atomic E-state index is 13.5. The molecule has 8 heteroatoms. The first kappa shape index (κ1) is 15.4. The lowest BCUT2D eigenvalue weighted by atomic mass is 10.2. The largest absolute Gasteiger partial charge is 0.462 e. The van der Waals surface area contributed by atoms with E-state index in [4.69, 9.17) is 0 Å². The Morgan fingerprint density at radius 3 is 2.68 bits per heavy atom. The molecule has 0 atom stereocenters. The monoisotopic (exact) mass is 305 g/mol. The smallest absolute Gasteiger partial charge is 0.345 e. The number of hydrogen-bond acceptors (Lipinski definition) is 5. The van der Waals surface area contributed by atoms with Gasteiger partial charge in [-0.2, -0.15) is 0 Å². The van der Waals surface area contributed by atoms with Crippen molar-refractivity contribution in [3.63, 3.8) is 0 Å². The van der Waals surface area contributed by atoms with Gasteiger partial charge in [0.05, 0.1) is 18.4 Å². The number of aromatic nitrogens is 2. The molecule has 2 rings (SSSR count). The number of esters is 1. The van der Waals surface area contributed by atoms with E-state index >= 15 is 0 Å². The van der Waals surface area contributed by atoms with Gasteiger partial charge in [0.25, 0.3) is 11.5 Å². The highest BCUT2D eigenvalue weighted by molar-refractivity contribution is 6.03. The number of aromatic amines is 1. The fourth-order valence-electron chi connectivity index (χ4n) is 1.63. The first-order valence-electron chi connectivity index (χ1n) is 6.35. The Morgan fingerprint density at radius 1 is 1.32 bits per heavy atom. The predicted octanol–water partition coefficient (Wildman–Crippen LogP) is 1.34. The average molecular weight is 305 g/mol. The Kier molecular flexibility index (Phi) is 4.62. The fourth-order valence-corrected chi connectivity index (χ4v) is 1.63. The van der Waals surface area contributed by atoms with Gasteiger partial charge in [0, 0.05) is 0 Å². The van der Waals surface area contributed by atoms with Crippen LogP contribution >= 0.6 is 0 Å². The van der Waals surface area contributed by atoms with Crippen molar-refractivity contribution in [3.05, 3.63) is 57.8 Å². The van der Waals surface area contributed by atoms with Crippen LogP contribution in [0.2, 0.25) is 0 Å². The summed E-state index contributed by atoms with van der Waals surface area (Å²) in [6.45, 7) is 1.71. The maximum atomic E-state index is 13.5. The minimum atomic E-state index is -0.816. The second-order valence-corrected chi connectivity index (χ2v) is 4.13. The topological polar surface area (TPSA) is 101 Å². The number of hydrogen-bond donors (Lipinski definition) is 2. The third-order valence-corrected chi connectivity index (χ3v) is 2.65. The number of halogens is 1. The number of rotatable bonds is 4. The molecule has 0 spiro atoms. The third kappa shape index (κ3) is 3.35. The van der Waals surface area contributed by atoms with Crippen molar-refractivity contribution in [2.45, 2.75) is 6.92 Å².